The summed E-state index contributed by atoms with van der Waals surface area (Å²) in [5.74, 6) is -0.341. The molecule has 0 aliphatic carbocycles. The van der Waals surface area contributed by atoms with E-state index in [0.717, 1.165) is 11.3 Å². The molecule has 0 spiro atoms. The molecule has 0 atom stereocenters. The van der Waals surface area contributed by atoms with Crippen molar-refractivity contribution in [1.29, 1.82) is 0 Å². The summed E-state index contributed by atoms with van der Waals surface area (Å²) in [4.78, 5) is 12.0. The molecule has 0 aliphatic heterocycles. The third kappa shape index (κ3) is 4.25. The number of para-hydroxylation sites is 1. The number of rotatable bonds is 5. The first-order valence-corrected chi connectivity index (χ1v) is 8.60. The maximum Gasteiger partial charge on any atom is 0.310 e. The lowest BCUT2D eigenvalue weighted by molar-refractivity contribution is -0.142. The lowest BCUT2D eigenvalue weighted by atomic mass is 10.1. The minimum Gasteiger partial charge on any atom is -0.466 e. The van der Waals surface area contributed by atoms with Crippen molar-refractivity contribution in [2.75, 3.05) is 6.61 Å². The minimum atomic E-state index is -0.341. The standard InChI is InChI=1S/C19H16Cl2N2O2.H2O/c1-2-25-17(24)12-16-18(13-8-10-14(20)11-9-13)22-23(19(16)21)15-6-4-3-5-7-15;/h3-11H,2,12H2,1H3;1H2. The molecular weight excluding hydrogens is 375 g/mol. The summed E-state index contributed by atoms with van der Waals surface area (Å²) in [5.41, 5.74) is 2.92. The zero-order valence-corrected chi connectivity index (χ0v) is 15.6. The van der Waals surface area contributed by atoms with Gasteiger partial charge in [-0.1, -0.05) is 53.5 Å². The Morgan fingerprint density at radius 1 is 1.08 bits per heavy atom. The molecule has 3 rings (SSSR count). The van der Waals surface area contributed by atoms with Gasteiger partial charge in [0.15, 0.2) is 0 Å². The van der Waals surface area contributed by atoms with Gasteiger partial charge in [0.2, 0.25) is 0 Å². The highest BCUT2D eigenvalue weighted by Gasteiger charge is 2.21. The molecule has 3 aromatic rings. The Hall–Kier alpha value is -2.34. The van der Waals surface area contributed by atoms with E-state index in [2.05, 4.69) is 5.10 Å². The van der Waals surface area contributed by atoms with E-state index in [1.54, 1.807) is 23.7 Å². The fourth-order valence-electron chi connectivity index (χ4n) is 2.52. The molecule has 2 N–H and O–H groups in total. The van der Waals surface area contributed by atoms with Gasteiger partial charge in [0.1, 0.15) is 5.15 Å². The third-order valence-corrected chi connectivity index (χ3v) is 4.31. The van der Waals surface area contributed by atoms with E-state index in [1.807, 2.05) is 42.5 Å². The molecule has 26 heavy (non-hydrogen) atoms. The summed E-state index contributed by atoms with van der Waals surface area (Å²) >= 11 is 12.5. The van der Waals surface area contributed by atoms with E-state index in [0.29, 0.717) is 28.0 Å². The maximum atomic E-state index is 12.0. The normalized spacial score (nSPS) is 10.3. The topological polar surface area (TPSA) is 75.6 Å². The van der Waals surface area contributed by atoms with Crippen molar-refractivity contribution >= 4 is 29.2 Å². The summed E-state index contributed by atoms with van der Waals surface area (Å²) in [7, 11) is 0. The van der Waals surface area contributed by atoms with E-state index in [4.69, 9.17) is 27.9 Å². The molecule has 0 fully saturated rings. The molecule has 0 saturated carbocycles. The average molecular weight is 393 g/mol. The van der Waals surface area contributed by atoms with Gasteiger partial charge >= 0.3 is 5.97 Å². The molecule has 0 aliphatic rings. The van der Waals surface area contributed by atoms with Gasteiger partial charge < -0.3 is 10.2 Å². The lowest BCUT2D eigenvalue weighted by Crippen LogP contribution is -2.08. The van der Waals surface area contributed by atoms with Gasteiger partial charge in [-0.2, -0.15) is 5.10 Å². The zero-order valence-electron chi connectivity index (χ0n) is 14.1. The average Bonchev–Trinajstić information content (AvgIpc) is 2.93. The largest absolute Gasteiger partial charge is 0.466 e. The van der Waals surface area contributed by atoms with Crippen molar-refractivity contribution in [1.82, 2.24) is 9.78 Å². The first kappa shape index (κ1) is 20.0. The first-order chi connectivity index (χ1) is 12.1. The van der Waals surface area contributed by atoms with Crippen LogP contribution >= 0.6 is 23.2 Å². The van der Waals surface area contributed by atoms with Crippen LogP contribution in [0, 0.1) is 0 Å². The maximum absolute atomic E-state index is 12.0. The van der Waals surface area contributed by atoms with Gasteiger partial charge in [0.25, 0.3) is 0 Å². The van der Waals surface area contributed by atoms with E-state index in [9.17, 15) is 4.79 Å². The first-order valence-electron chi connectivity index (χ1n) is 7.84. The van der Waals surface area contributed by atoms with E-state index < -0.39 is 0 Å². The number of carbonyl (C=O) groups excluding carboxylic acids is 1. The third-order valence-electron chi connectivity index (χ3n) is 3.67. The van der Waals surface area contributed by atoms with E-state index in [1.165, 1.54) is 0 Å². The minimum absolute atomic E-state index is 0. The second-order valence-corrected chi connectivity index (χ2v) is 6.15. The van der Waals surface area contributed by atoms with Crippen LogP contribution in [0.1, 0.15) is 12.5 Å². The van der Waals surface area contributed by atoms with Gasteiger partial charge in [-0.05, 0) is 31.2 Å². The summed E-state index contributed by atoms with van der Waals surface area (Å²) in [5, 5.41) is 5.65. The molecule has 7 heteroatoms. The van der Waals surface area contributed by atoms with Crippen molar-refractivity contribution in [2.45, 2.75) is 13.3 Å². The molecular formula is C19H18Cl2N2O3. The molecule has 0 saturated heterocycles. The van der Waals surface area contributed by atoms with E-state index in [-0.39, 0.29) is 17.9 Å². The van der Waals surface area contributed by atoms with Crippen LogP contribution in [-0.4, -0.2) is 27.8 Å². The van der Waals surface area contributed by atoms with Crippen molar-refractivity contribution in [3.05, 3.63) is 70.3 Å². The fourth-order valence-corrected chi connectivity index (χ4v) is 2.94. The van der Waals surface area contributed by atoms with Crippen molar-refractivity contribution in [3.8, 4) is 16.9 Å². The fraction of sp³-hybridized carbons (Fsp3) is 0.158. The van der Waals surface area contributed by atoms with Gasteiger partial charge in [-0.25, -0.2) is 4.68 Å². The SMILES string of the molecule is CCOC(=O)Cc1c(-c2ccc(Cl)cc2)nn(-c2ccccc2)c1Cl.O. The number of carbonyl (C=O) groups is 1. The van der Waals surface area contributed by atoms with Crippen LogP contribution in [-0.2, 0) is 16.0 Å². The highest BCUT2D eigenvalue weighted by molar-refractivity contribution is 6.31. The molecule has 0 bridgehead atoms. The number of hydrogen-bond acceptors (Lipinski definition) is 3. The number of ether oxygens (including phenoxy) is 1. The summed E-state index contributed by atoms with van der Waals surface area (Å²) in [6.45, 7) is 2.09. The Balaban J connectivity index is 0.00000243. The van der Waals surface area contributed by atoms with Crippen LogP contribution in [0.4, 0.5) is 0 Å². The number of aromatic nitrogens is 2. The second kappa shape index (κ2) is 8.85. The van der Waals surface area contributed by atoms with Crippen molar-refractivity contribution < 1.29 is 15.0 Å². The van der Waals surface area contributed by atoms with Crippen molar-refractivity contribution in [3.63, 3.8) is 0 Å². The van der Waals surface area contributed by atoms with Gasteiger partial charge in [-0.3, -0.25) is 4.79 Å². The lowest BCUT2D eigenvalue weighted by Gasteiger charge is -2.04. The molecule has 0 amide bonds. The van der Waals surface area contributed by atoms with Gasteiger partial charge in [-0.15, -0.1) is 0 Å². The number of hydrogen-bond donors (Lipinski definition) is 0. The van der Waals surface area contributed by atoms with Crippen LogP contribution < -0.4 is 0 Å². The molecule has 0 unspecified atom stereocenters. The number of nitrogens with zero attached hydrogens (tertiary/aromatic N) is 2. The molecule has 0 radical (unpaired) electrons. The second-order valence-electron chi connectivity index (χ2n) is 5.35. The van der Waals surface area contributed by atoms with Crippen LogP contribution in [0.3, 0.4) is 0 Å². The van der Waals surface area contributed by atoms with E-state index >= 15 is 0 Å². The van der Waals surface area contributed by atoms with Crippen LogP contribution in [0.25, 0.3) is 16.9 Å². The molecule has 5 nitrogen and oxygen atoms in total. The Morgan fingerprint density at radius 3 is 2.35 bits per heavy atom. The molecule has 2 aromatic carbocycles. The Kier molecular flexibility index (Phi) is 6.80. The van der Waals surface area contributed by atoms with Gasteiger partial charge in [0.05, 0.1) is 24.4 Å². The Labute approximate surface area is 161 Å². The quantitative estimate of drug-likeness (QED) is 0.612. The zero-order chi connectivity index (χ0) is 17.8. The number of benzene rings is 2. The van der Waals surface area contributed by atoms with Crippen LogP contribution in [0.5, 0.6) is 0 Å². The monoisotopic (exact) mass is 392 g/mol. The summed E-state index contributed by atoms with van der Waals surface area (Å²) < 4.78 is 6.70. The predicted molar refractivity (Wildman–Crippen MR) is 103 cm³/mol. The number of halogens is 2. The molecule has 1 aromatic heterocycles. The summed E-state index contributed by atoms with van der Waals surface area (Å²) in [6.07, 6.45) is 0.0530. The number of esters is 1. The highest BCUT2D eigenvalue weighted by Crippen LogP contribution is 2.32. The van der Waals surface area contributed by atoms with Crippen LogP contribution in [0.15, 0.2) is 54.6 Å². The smallest absolute Gasteiger partial charge is 0.310 e. The van der Waals surface area contributed by atoms with Crippen LogP contribution in [0.2, 0.25) is 10.2 Å². The van der Waals surface area contributed by atoms with Gasteiger partial charge in [0, 0.05) is 16.1 Å². The summed E-state index contributed by atoms with van der Waals surface area (Å²) in [6, 6.07) is 16.8. The predicted octanol–water partition coefficient (Wildman–Crippen LogP) is 4.13. The van der Waals surface area contributed by atoms with Crippen molar-refractivity contribution in [2.24, 2.45) is 0 Å². The molecule has 136 valence electrons. The Bertz CT molecular complexity index is 878. The highest BCUT2D eigenvalue weighted by atomic mass is 35.5. The Morgan fingerprint density at radius 2 is 1.73 bits per heavy atom. The molecule has 1 heterocycles.